The average molecular weight is 301 g/mol. The average Bonchev–Trinajstić information content (AvgIpc) is 2.89. The summed E-state index contributed by atoms with van der Waals surface area (Å²) in [5, 5.41) is -0.106. The number of carbonyl (C=O) groups excluding carboxylic acids is 1. The van der Waals surface area contributed by atoms with Crippen LogP contribution in [0.25, 0.3) is 6.08 Å². The zero-order valence-corrected chi connectivity index (χ0v) is 12.8. The maximum Gasteiger partial charge on any atom is 0.368 e. The van der Waals surface area contributed by atoms with Crippen molar-refractivity contribution in [1.29, 1.82) is 0 Å². The third kappa shape index (κ3) is 4.34. The highest BCUT2D eigenvalue weighted by Gasteiger charge is 2.36. The first-order valence-corrected chi connectivity index (χ1v) is 8.03. The summed E-state index contributed by atoms with van der Waals surface area (Å²) in [6.07, 6.45) is 3.13. The fraction of sp³-hybridized carbons (Fsp3) is 0.462. The van der Waals surface area contributed by atoms with Crippen molar-refractivity contribution in [2.75, 3.05) is 19.8 Å². The number of H-pyrrole nitrogens is 1. The normalized spacial score (nSPS) is 12.4. The molecule has 20 heavy (non-hydrogen) atoms. The Balaban J connectivity index is 3.20. The highest BCUT2D eigenvalue weighted by molar-refractivity contribution is 7.60. The number of aromatic amines is 1. The van der Waals surface area contributed by atoms with Gasteiger partial charge >= 0.3 is 13.6 Å². The minimum atomic E-state index is -3.69. The number of hydrogen-bond acceptors (Lipinski definition) is 5. The standard InChI is InChI=1S/C13H20NO5P/c1-4-17-13(15)12(10-11-8-7-9-14-11)20(16,18-5-2)19-6-3/h7-10,14H,4-6H2,1-3H3/b12-10-. The van der Waals surface area contributed by atoms with Crippen molar-refractivity contribution in [3.8, 4) is 0 Å². The highest BCUT2D eigenvalue weighted by Crippen LogP contribution is 2.56. The Bertz CT molecular complexity index is 485. The molecule has 1 heterocycles. The van der Waals surface area contributed by atoms with E-state index in [0.717, 1.165) is 0 Å². The Morgan fingerprint density at radius 3 is 2.35 bits per heavy atom. The molecule has 0 spiro atoms. The molecule has 6 nitrogen and oxygen atoms in total. The molecule has 0 radical (unpaired) electrons. The van der Waals surface area contributed by atoms with Crippen LogP contribution in [-0.4, -0.2) is 30.8 Å². The van der Waals surface area contributed by atoms with Gasteiger partial charge in [-0.3, -0.25) is 4.57 Å². The largest absolute Gasteiger partial charge is 0.462 e. The number of nitrogens with one attached hydrogen (secondary N) is 1. The lowest BCUT2D eigenvalue weighted by atomic mass is 10.4. The maximum atomic E-state index is 12.7. The van der Waals surface area contributed by atoms with Gasteiger partial charge in [0.05, 0.1) is 19.8 Å². The third-order valence-corrected chi connectivity index (χ3v) is 4.39. The fourth-order valence-corrected chi connectivity index (χ4v) is 3.17. The van der Waals surface area contributed by atoms with E-state index in [1.807, 2.05) is 0 Å². The second kappa shape index (κ2) is 8.04. The molecule has 0 atom stereocenters. The van der Waals surface area contributed by atoms with Gasteiger partial charge in [0.25, 0.3) is 0 Å². The van der Waals surface area contributed by atoms with Crippen molar-refractivity contribution >= 4 is 19.6 Å². The lowest BCUT2D eigenvalue weighted by molar-refractivity contribution is -0.137. The van der Waals surface area contributed by atoms with Gasteiger partial charge in [0.1, 0.15) is 0 Å². The molecule has 0 bridgehead atoms. The first kappa shape index (κ1) is 16.7. The summed E-state index contributed by atoms with van der Waals surface area (Å²) in [5.41, 5.74) is 0.618. The van der Waals surface area contributed by atoms with E-state index in [-0.39, 0.29) is 25.1 Å². The molecule has 0 aliphatic carbocycles. The third-order valence-electron chi connectivity index (χ3n) is 2.29. The molecule has 1 N–H and O–H groups in total. The Kier molecular flexibility index (Phi) is 6.71. The molecule has 1 aromatic heterocycles. The molecule has 112 valence electrons. The van der Waals surface area contributed by atoms with Crippen molar-refractivity contribution in [2.45, 2.75) is 20.8 Å². The van der Waals surface area contributed by atoms with Gasteiger partial charge in [-0.05, 0) is 39.0 Å². The molecule has 0 aliphatic rings. The predicted octanol–water partition coefficient (Wildman–Crippen LogP) is 3.18. The summed E-state index contributed by atoms with van der Waals surface area (Å²) >= 11 is 0. The van der Waals surface area contributed by atoms with Crippen molar-refractivity contribution < 1.29 is 23.1 Å². The van der Waals surface area contributed by atoms with E-state index in [0.29, 0.717) is 5.69 Å². The van der Waals surface area contributed by atoms with Crippen LogP contribution in [-0.2, 0) is 23.1 Å². The molecule has 0 amide bonds. The Hall–Kier alpha value is -1.36. The van der Waals surface area contributed by atoms with Crippen LogP contribution >= 0.6 is 7.60 Å². The van der Waals surface area contributed by atoms with Crippen LogP contribution in [0.2, 0.25) is 0 Å². The molecule has 1 rings (SSSR count). The summed E-state index contributed by atoms with van der Waals surface area (Å²) in [4.78, 5) is 14.9. The van der Waals surface area contributed by atoms with Gasteiger partial charge in [0.15, 0.2) is 5.31 Å². The van der Waals surface area contributed by atoms with E-state index in [1.54, 1.807) is 39.1 Å². The number of ether oxygens (including phenoxy) is 1. The smallest absolute Gasteiger partial charge is 0.368 e. The van der Waals surface area contributed by atoms with E-state index in [1.165, 1.54) is 6.08 Å². The molecule has 0 aromatic carbocycles. The van der Waals surface area contributed by atoms with E-state index in [9.17, 15) is 9.36 Å². The number of hydrogen-bond donors (Lipinski definition) is 1. The Morgan fingerprint density at radius 2 is 1.90 bits per heavy atom. The Labute approximate surface area is 118 Å². The molecule has 0 aliphatic heterocycles. The van der Waals surface area contributed by atoms with Gasteiger partial charge < -0.3 is 18.8 Å². The number of esters is 1. The van der Waals surface area contributed by atoms with Crippen molar-refractivity contribution in [1.82, 2.24) is 4.98 Å². The molecular formula is C13H20NO5P. The molecule has 0 unspecified atom stereocenters. The fourth-order valence-electron chi connectivity index (χ4n) is 1.55. The van der Waals surface area contributed by atoms with Crippen LogP contribution in [0.15, 0.2) is 23.6 Å². The molecule has 0 fully saturated rings. The monoisotopic (exact) mass is 301 g/mol. The van der Waals surface area contributed by atoms with Crippen LogP contribution in [0.4, 0.5) is 0 Å². The first-order valence-electron chi connectivity index (χ1n) is 6.49. The topological polar surface area (TPSA) is 77.6 Å². The van der Waals surface area contributed by atoms with E-state index >= 15 is 0 Å². The number of carbonyl (C=O) groups is 1. The minimum Gasteiger partial charge on any atom is -0.462 e. The second-order valence-corrected chi connectivity index (χ2v) is 5.70. The molecule has 7 heteroatoms. The van der Waals surface area contributed by atoms with Crippen LogP contribution in [0.5, 0.6) is 0 Å². The van der Waals surface area contributed by atoms with Gasteiger partial charge in [-0.1, -0.05) is 0 Å². The number of rotatable bonds is 8. The van der Waals surface area contributed by atoms with Gasteiger partial charge in [0, 0.05) is 11.9 Å². The highest BCUT2D eigenvalue weighted by atomic mass is 31.2. The van der Waals surface area contributed by atoms with Gasteiger partial charge in [-0.2, -0.15) is 0 Å². The zero-order chi connectivity index (χ0) is 15.0. The van der Waals surface area contributed by atoms with E-state index < -0.39 is 13.6 Å². The quantitative estimate of drug-likeness (QED) is 0.453. The summed E-state index contributed by atoms with van der Waals surface area (Å²) in [6, 6.07) is 3.50. The zero-order valence-electron chi connectivity index (χ0n) is 11.9. The van der Waals surface area contributed by atoms with Crippen LogP contribution in [0, 0.1) is 0 Å². The Morgan fingerprint density at radius 1 is 1.25 bits per heavy atom. The van der Waals surface area contributed by atoms with E-state index in [2.05, 4.69) is 4.98 Å². The van der Waals surface area contributed by atoms with E-state index in [4.69, 9.17) is 13.8 Å². The molecule has 1 aromatic rings. The van der Waals surface area contributed by atoms with Gasteiger partial charge in [-0.15, -0.1) is 0 Å². The number of aromatic nitrogens is 1. The van der Waals surface area contributed by atoms with Crippen molar-refractivity contribution in [3.63, 3.8) is 0 Å². The SMILES string of the molecule is CCOC(=O)/C(=C/c1ccc[nH]1)P(=O)(OCC)OCC. The summed E-state index contributed by atoms with van der Waals surface area (Å²) < 4.78 is 28.1. The first-order chi connectivity index (χ1) is 9.57. The molecule has 0 saturated carbocycles. The summed E-state index contributed by atoms with van der Waals surface area (Å²) in [5.74, 6) is -0.702. The van der Waals surface area contributed by atoms with Crippen LogP contribution in [0.1, 0.15) is 26.5 Å². The summed E-state index contributed by atoms with van der Waals surface area (Å²) in [6.45, 7) is 5.55. The lowest BCUT2D eigenvalue weighted by Crippen LogP contribution is -2.11. The van der Waals surface area contributed by atoms with Gasteiger partial charge in [-0.25, -0.2) is 4.79 Å². The van der Waals surface area contributed by atoms with Crippen LogP contribution in [0.3, 0.4) is 0 Å². The van der Waals surface area contributed by atoms with Crippen LogP contribution < -0.4 is 0 Å². The van der Waals surface area contributed by atoms with Gasteiger partial charge in [0.2, 0.25) is 0 Å². The second-order valence-electron chi connectivity index (χ2n) is 3.71. The van der Waals surface area contributed by atoms with Crippen molar-refractivity contribution in [3.05, 3.63) is 29.3 Å². The lowest BCUT2D eigenvalue weighted by Gasteiger charge is -2.18. The summed E-state index contributed by atoms with van der Waals surface area (Å²) in [7, 11) is -3.69. The molecule has 0 saturated heterocycles. The maximum absolute atomic E-state index is 12.7. The minimum absolute atomic E-state index is 0.106. The predicted molar refractivity (Wildman–Crippen MR) is 76.3 cm³/mol. The molecular weight excluding hydrogens is 281 g/mol. The van der Waals surface area contributed by atoms with Crippen molar-refractivity contribution in [2.24, 2.45) is 0 Å².